The molecule has 12 rings (SSSR count). The van der Waals surface area contributed by atoms with Gasteiger partial charge in [-0.15, -0.1) is 0 Å². The molecule has 3 aliphatic rings. The number of hydrogen-bond donors (Lipinski definition) is 3. The smallest absolute Gasteiger partial charge is 0.870 e. The Bertz CT molecular complexity index is 4150. The Balaban J connectivity index is 0.000000217. The van der Waals surface area contributed by atoms with Gasteiger partial charge in [-0.2, -0.15) is 29.3 Å². The van der Waals surface area contributed by atoms with E-state index in [0.717, 1.165) is 20.5 Å². The van der Waals surface area contributed by atoms with E-state index in [2.05, 4.69) is 15.3 Å². The standard InChI is InChI=1S/C23H22ClFN2O3.C23H20ClFN2O2.C22H20ClFN2O4.2CH4.Li.H2O/c1-13-5-3-6-16(24)19(13)22(29)27-18-8-4-7-17(25)20(18)21(26-27)23(30)11-9-15(10-12-23)14(2)28;1-13-5-3-6-17(24)20(13)23(29)27-19-8-4-7-18(25)21(19)22(26-27)16-11-9-15(10-12-16)14(2)28;1-12-4-2-5-14(23)17(12)20(27)26-16-7-3-6-15(24)18(16)19(25-26)22(30)10-8-13(9-11-22)21(28)29;;;;/h3-8,15,30H,9-12H2,1-2H3;3-8,11,15H,9-10,12H2,1-2H3;2-7,13,30H,8-11H2,1H3,(H,28,29);2*1H4;;1H2/q;;;;;+1;/p-1. The zero-order chi connectivity index (χ0) is 64.0. The number of aliphatic carboxylic acids is 1. The van der Waals surface area contributed by atoms with Gasteiger partial charge < -0.3 is 20.8 Å². The van der Waals surface area contributed by atoms with Gasteiger partial charge in [-0.3, -0.25) is 28.8 Å². The maximum Gasteiger partial charge on any atom is 1.00 e. The van der Waals surface area contributed by atoms with Crippen LogP contribution in [0.3, 0.4) is 0 Å². The van der Waals surface area contributed by atoms with E-state index in [1.165, 1.54) is 35.0 Å². The molecular weight excluding hydrogens is 1260 g/mol. The predicted molar refractivity (Wildman–Crippen MR) is 348 cm³/mol. The largest absolute Gasteiger partial charge is 1.00 e. The number of benzene rings is 6. The third-order valence-corrected chi connectivity index (χ3v) is 18.5. The molecule has 2 fully saturated rings. The van der Waals surface area contributed by atoms with Gasteiger partial charge in [0.2, 0.25) is 0 Å². The molecule has 1 unspecified atom stereocenters. The van der Waals surface area contributed by atoms with Crippen LogP contribution in [-0.2, 0) is 25.6 Å². The Hall–Kier alpha value is -7.57. The molecule has 0 bridgehead atoms. The number of ketones is 2. The van der Waals surface area contributed by atoms with Crippen molar-refractivity contribution in [2.45, 2.75) is 131 Å². The van der Waals surface area contributed by atoms with Crippen molar-refractivity contribution >= 4 is 108 Å². The maximum atomic E-state index is 14.9. The Morgan fingerprint density at radius 1 is 0.495 bits per heavy atom. The molecule has 3 aliphatic carbocycles. The Kier molecular flexibility index (Phi) is 24.2. The second-order valence-electron chi connectivity index (χ2n) is 23.3. The van der Waals surface area contributed by atoms with E-state index < -0.39 is 58.3 Å². The van der Waals surface area contributed by atoms with Gasteiger partial charge in [0.05, 0.1) is 76.1 Å². The fraction of sp³-hybridized carbons (Fsp3) is 0.329. The summed E-state index contributed by atoms with van der Waals surface area (Å²) in [5.41, 5.74) is 2.41. The molecule has 2 saturated carbocycles. The van der Waals surface area contributed by atoms with Crippen molar-refractivity contribution in [1.82, 2.24) is 29.3 Å². The molecule has 1 atom stereocenters. The van der Waals surface area contributed by atoms with E-state index in [-0.39, 0.29) is 155 Å². The van der Waals surface area contributed by atoms with Gasteiger partial charge >= 0.3 is 24.8 Å². The van der Waals surface area contributed by atoms with Crippen molar-refractivity contribution in [3.05, 3.63) is 198 Å². The molecule has 0 spiro atoms. The first-order valence-electron chi connectivity index (χ1n) is 29.1. The van der Waals surface area contributed by atoms with E-state index in [9.17, 15) is 57.3 Å². The van der Waals surface area contributed by atoms with Gasteiger partial charge in [-0.1, -0.05) is 110 Å². The zero-order valence-corrected chi connectivity index (χ0v) is 52.9. The quantitative estimate of drug-likeness (QED) is 0.114. The van der Waals surface area contributed by atoms with Crippen LogP contribution in [-0.4, -0.2) is 85.4 Å². The summed E-state index contributed by atoms with van der Waals surface area (Å²) in [4.78, 5) is 74.5. The van der Waals surface area contributed by atoms with Gasteiger partial charge in [0, 0.05) is 11.8 Å². The summed E-state index contributed by atoms with van der Waals surface area (Å²) < 4.78 is 47.9. The number of halogens is 6. The van der Waals surface area contributed by atoms with E-state index in [4.69, 9.17) is 34.8 Å². The number of hydrogen-bond acceptors (Lipinski definition) is 12. The number of fused-ring (bicyclic) bond motifs is 3. The zero-order valence-electron chi connectivity index (χ0n) is 50.7. The van der Waals surface area contributed by atoms with Crippen molar-refractivity contribution in [3.8, 4) is 0 Å². The monoisotopic (exact) mass is 1320 g/mol. The SMILES string of the molecule is C.C.CC(=O)C1CC=C(c2nn(C(=O)c3c(C)cccc3Cl)c3cccc(F)c23)CC1.CC(=O)C1CCC(O)(c2nn(C(=O)c3c(C)cccc3Cl)c3cccc(F)c23)CC1.Cc1cccc(Cl)c1C(=O)n1nc(C2(O)CCC(C(=O)O)CC2)c2c(F)cccc21.[Li+].[OH-]. The van der Waals surface area contributed by atoms with Crippen LogP contribution in [0.25, 0.3) is 38.3 Å². The molecule has 23 heteroatoms. The molecule has 16 nitrogen and oxygen atoms in total. The number of aryl methyl sites for hydroxylation is 3. The summed E-state index contributed by atoms with van der Waals surface area (Å²) in [6.07, 6.45) is 6.11. The Labute approximate surface area is 563 Å². The normalized spacial score (nSPS) is 19.2. The molecule has 6 aromatic carbocycles. The molecule has 4 N–H and O–H groups in total. The first kappa shape index (κ1) is 74.5. The van der Waals surface area contributed by atoms with Gasteiger partial charge in [0.15, 0.2) is 0 Å². The third-order valence-electron chi connectivity index (χ3n) is 17.6. The van der Waals surface area contributed by atoms with Gasteiger partial charge in [0.25, 0.3) is 17.7 Å². The van der Waals surface area contributed by atoms with Crippen molar-refractivity contribution in [3.63, 3.8) is 0 Å². The molecule has 0 aliphatic heterocycles. The van der Waals surface area contributed by atoms with Crippen molar-refractivity contribution in [1.29, 1.82) is 0 Å². The average molecular weight is 1330 g/mol. The number of Topliss-reactive ketones (excluding diaryl/α,β-unsaturated/α-hetero) is 2. The Morgan fingerprint density at radius 3 is 1.16 bits per heavy atom. The van der Waals surface area contributed by atoms with E-state index in [1.54, 1.807) is 113 Å². The first-order chi connectivity index (χ1) is 42.3. The van der Waals surface area contributed by atoms with E-state index in [0.29, 0.717) is 70.4 Å². The van der Waals surface area contributed by atoms with Crippen LogP contribution in [0.2, 0.25) is 15.1 Å². The minimum atomic E-state index is -1.52. The van der Waals surface area contributed by atoms with Crippen molar-refractivity contribution in [2.24, 2.45) is 17.8 Å². The number of carboxylic acids is 1. The number of nitrogens with zero attached hydrogens (tertiary/aromatic N) is 6. The minimum absolute atomic E-state index is 0. The maximum absolute atomic E-state index is 14.9. The summed E-state index contributed by atoms with van der Waals surface area (Å²) in [7, 11) is 0. The topological polar surface area (TPSA) is 247 Å². The number of aliphatic hydroxyl groups is 2. The summed E-state index contributed by atoms with van der Waals surface area (Å²) in [6, 6.07) is 28.7. The van der Waals surface area contributed by atoms with Gasteiger partial charge in [-0.05, 0) is 182 Å². The number of carbonyl (C=O) groups excluding carboxylic acids is 5. The predicted octanol–water partition coefficient (Wildman–Crippen LogP) is 12.8. The van der Waals surface area contributed by atoms with Crippen LogP contribution in [0.4, 0.5) is 13.2 Å². The number of carbonyl (C=O) groups is 6. The van der Waals surface area contributed by atoms with E-state index in [1.807, 2.05) is 6.08 Å². The van der Waals surface area contributed by atoms with Crippen LogP contribution in [0, 0.1) is 56.0 Å². The van der Waals surface area contributed by atoms with Gasteiger partial charge in [0.1, 0.15) is 51.6 Å². The second kappa shape index (κ2) is 30.2. The van der Waals surface area contributed by atoms with Crippen molar-refractivity contribution in [2.75, 3.05) is 0 Å². The second-order valence-corrected chi connectivity index (χ2v) is 24.5. The summed E-state index contributed by atoms with van der Waals surface area (Å²) in [5.74, 6) is -4.35. The fourth-order valence-corrected chi connectivity index (χ4v) is 13.4. The molecule has 0 amide bonds. The number of allylic oxidation sites excluding steroid dienone is 2. The summed E-state index contributed by atoms with van der Waals surface area (Å²) in [5, 5.41) is 46.5. The van der Waals surface area contributed by atoms with Gasteiger partial charge in [-0.25, -0.2) is 13.2 Å². The summed E-state index contributed by atoms with van der Waals surface area (Å²) in [6.45, 7) is 8.45. The molecule has 484 valence electrons. The van der Waals surface area contributed by atoms with E-state index >= 15 is 0 Å². The minimum Gasteiger partial charge on any atom is -0.870 e. The summed E-state index contributed by atoms with van der Waals surface area (Å²) >= 11 is 18.8. The van der Waals surface area contributed by atoms with Crippen molar-refractivity contribution < 1.29 is 81.6 Å². The number of rotatable bonds is 9. The third kappa shape index (κ3) is 14.6. The number of carboxylic acid groups (broad SMARTS) is 1. The van der Waals surface area contributed by atoms with Crippen LogP contribution in [0.1, 0.15) is 164 Å². The molecule has 3 heterocycles. The first-order valence-corrected chi connectivity index (χ1v) is 30.3. The molecule has 0 radical (unpaired) electrons. The van der Waals surface area contributed by atoms with Crippen LogP contribution in [0.5, 0.6) is 0 Å². The number of aromatic nitrogens is 6. The molecule has 3 aromatic heterocycles. The molecule has 93 heavy (non-hydrogen) atoms. The molecular formula is C70H71Cl3F3LiN6O10. The molecule has 0 saturated heterocycles. The Morgan fingerprint density at radius 2 is 0.828 bits per heavy atom. The van der Waals surface area contributed by atoms with Crippen LogP contribution in [0.15, 0.2) is 115 Å². The fourth-order valence-electron chi connectivity index (χ4n) is 12.5. The average Bonchev–Trinajstić information content (AvgIpc) is 1.62. The molecule has 9 aromatic rings. The van der Waals surface area contributed by atoms with Crippen LogP contribution < -0.4 is 18.9 Å². The van der Waals surface area contributed by atoms with Crippen LogP contribution >= 0.6 is 34.8 Å².